The average Bonchev–Trinajstić information content (AvgIpc) is 3.38. The maximum absolute atomic E-state index is 13.6. The fourth-order valence-corrected chi connectivity index (χ4v) is 4.59. The first-order chi connectivity index (χ1) is 17.4. The van der Waals surface area contributed by atoms with Gasteiger partial charge < -0.3 is 15.1 Å². The highest BCUT2D eigenvalue weighted by Gasteiger charge is 2.35. The van der Waals surface area contributed by atoms with Crippen LogP contribution in [-0.2, 0) is 11.0 Å². The second-order valence-electron chi connectivity index (χ2n) is 9.26. The van der Waals surface area contributed by atoms with E-state index >= 15 is 0 Å². The number of benzene rings is 1. The van der Waals surface area contributed by atoms with Gasteiger partial charge in [0.2, 0.25) is 0 Å². The summed E-state index contributed by atoms with van der Waals surface area (Å²) in [5.74, 6) is -0.719. The Hall–Kier alpha value is -2.82. The van der Waals surface area contributed by atoms with Crippen molar-refractivity contribution in [1.29, 1.82) is 0 Å². The van der Waals surface area contributed by atoms with Gasteiger partial charge in [0, 0.05) is 36.6 Å². The lowest BCUT2D eigenvalue weighted by Gasteiger charge is -2.37. The topological polar surface area (TPSA) is 47.9 Å². The van der Waals surface area contributed by atoms with E-state index in [0.29, 0.717) is 37.4 Å². The minimum absolute atomic E-state index is 0.269. The van der Waals surface area contributed by atoms with Gasteiger partial charge in [0.1, 0.15) is 5.82 Å². The summed E-state index contributed by atoms with van der Waals surface area (Å²) in [4.78, 5) is 21.6. The SMILES string of the molecule is CC/C=C(/N=C\C(C(=O)Nc1cccc(C(F)(F)F)c1)=C(/C)C(F)(F)F)N1CCC(N2CCCC2)CC1. The number of piperidine rings is 1. The number of nitrogens with one attached hydrogen (secondary N) is 1. The standard InChI is InChI=1S/C26H32F6N4O/c1-3-7-23(36-14-10-21(11-15-36)35-12-4-5-13-35)33-17-22(18(2)25(27,28)29)24(37)34-20-9-6-8-19(16-20)26(30,31)32/h6-9,16-17,21H,3-5,10-15H2,1-2H3,(H,34,37)/b22-18-,23-7-,33-17-. The molecule has 3 rings (SSSR count). The van der Waals surface area contributed by atoms with Gasteiger partial charge in [-0.1, -0.05) is 13.0 Å². The summed E-state index contributed by atoms with van der Waals surface area (Å²) in [7, 11) is 0. The van der Waals surface area contributed by atoms with E-state index in [1.807, 2.05) is 11.8 Å². The average molecular weight is 531 g/mol. The Balaban J connectivity index is 1.80. The number of likely N-dealkylation sites (tertiary alicyclic amines) is 2. The molecule has 1 amide bonds. The van der Waals surface area contributed by atoms with Crippen molar-refractivity contribution >= 4 is 17.8 Å². The van der Waals surface area contributed by atoms with E-state index in [0.717, 1.165) is 51.2 Å². The summed E-state index contributed by atoms with van der Waals surface area (Å²) in [5, 5.41) is 2.15. The number of halogens is 6. The van der Waals surface area contributed by atoms with Crippen molar-refractivity contribution < 1.29 is 31.1 Å². The third-order valence-electron chi connectivity index (χ3n) is 6.68. The maximum Gasteiger partial charge on any atom is 0.416 e. The molecule has 0 saturated carbocycles. The van der Waals surface area contributed by atoms with Crippen LogP contribution in [0.1, 0.15) is 51.5 Å². The predicted molar refractivity (Wildman–Crippen MR) is 131 cm³/mol. The molecular formula is C26H32F6N4O. The summed E-state index contributed by atoms with van der Waals surface area (Å²) in [6.07, 6.45) is -2.03. The molecule has 0 spiro atoms. The quantitative estimate of drug-likeness (QED) is 0.252. The van der Waals surface area contributed by atoms with Gasteiger partial charge >= 0.3 is 12.4 Å². The van der Waals surface area contributed by atoms with Crippen molar-refractivity contribution in [1.82, 2.24) is 9.80 Å². The monoisotopic (exact) mass is 530 g/mol. The Morgan fingerprint density at radius 1 is 1.08 bits per heavy atom. The van der Waals surface area contributed by atoms with Gasteiger partial charge in [-0.3, -0.25) is 4.79 Å². The van der Waals surface area contributed by atoms with Gasteiger partial charge in [-0.2, -0.15) is 26.3 Å². The van der Waals surface area contributed by atoms with Gasteiger partial charge in [-0.25, -0.2) is 4.99 Å². The summed E-state index contributed by atoms with van der Waals surface area (Å²) in [6.45, 7) is 6.19. The van der Waals surface area contributed by atoms with E-state index < -0.39 is 35.0 Å². The minimum Gasteiger partial charge on any atom is -0.357 e. The van der Waals surface area contributed by atoms with Crippen molar-refractivity contribution in [3.05, 3.63) is 52.9 Å². The van der Waals surface area contributed by atoms with Crippen molar-refractivity contribution in [3.8, 4) is 0 Å². The van der Waals surface area contributed by atoms with Crippen molar-refractivity contribution in [2.75, 3.05) is 31.5 Å². The molecular weight excluding hydrogens is 498 g/mol. The molecule has 2 fully saturated rings. The molecule has 2 saturated heterocycles. The number of rotatable bonds is 7. The van der Waals surface area contributed by atoms with Crippen LogP contribution >= 0.6 is 0 Å². The number of alkyl halides is 6. The fraction of sp³-hybridized carbons (Fsp3) is 0.538. The lowest BCUT2D eigenvalue weighted by Crippen LogP contribution is -2.43. The van der Waals surface area contributed by atoms with Crippen LogP contribution in [0, 0.1) is 0 Å². The Kier molecular flexibility index (Phi) is 9.44. The zero-order chi connectivity index (χ0) is 27.2. The zero-order valence-electron chi connectivity index (χ0n) is 20.9. The van der Waals surface area contributed by atoms with Crippen LogP contribution in [0.25, 0.3) is 0 Å². The van der Waals surface area contributed by atoms with Crippen LogP contribution in [0.15, 0.2) is 52.3 Å². The largest absolute Gasteiger partial charge is 0.416 e. The highest BCUT2D eigenvalue weighted by atomic mass is 19.4. The Morgan fingerprint density at radius 2 is 1.73 bits per heavy atom. The van der Waals surface area contributed by atoms with Crippen LogP contribution in [0.5, 0.6) is 0 Å². The number of carbonyl (C=O) groups is 1. The molecule has 2 aliphatic rings. The highest BCUT2D eigenvalue weighted by molar-refractivity contribution is 6.18. The smallest absolute Gasteiger partial charge is 0.357 e. The Labute approximate surface area is 212 Å². The number of nitrogens with zero attached hydrogens (tertiary/aromatic N) is 3. The summed E-state index contributed by atoms with van der Waals surface area (Å²) < 4.78 is 79.7. The second-order valence-corrected chi connectivity index (χ2v) is 9.26. The number of amides is 1. The lowest BCUT2D eigenvalue weighted by molar-refractivity contribution is -0.137. The molecule has 0 aliphatic carbocycles. The third kappa shape index (κ3) is 7.83. The highest BCUT2D eigenvalue weighted by Crippen LogP contribution is 2.32. The van der Waals surface area contributed by atoms with Crippen LogP contribution in [-0.4, -0.2) is 60.3 Å². The molecule has 37 heavy (non-hydrogen) atoms. The molecule has 1 N–H and O–H groups in total. The van der Waals surface area contributed by atoms with Gasteiger partial charge in [-0.15, -0.1) is 0 Å². The number of hydrogen-bond acceptors (Lipinski definition) is 4. The van der Waals surface area contributed by atoms with Crippen molar-refractivity contribution in [2.24, 2.45) is 4.99 Å². The number of hydrogen-bond donors (Lipinski definition) is 1. The number of anilines is 1. The zero-order valence-corrected chi connectivity index (χ0v) is 20.9. The molecule has 0 radical (unpaired) electrons. The molecule has 2 aliphatic heterocycles. The maximum atomic E-state index is 13.6. The number of carbonyl (C=O) groups excluding carboxylic acids is 1. The predicted octanol–water partition coefficient (Wildman–Crippen LogP) is 6.41. The molecule has 0 unspecified atom stereocenters. The fourth-order valence-electron chi connectivity index (χ4n) is 4.59. The molecule has 0 bridgehead atoms. The van der Waals surface area contributed by atoms with E-state index in [1.165, 1.54) is 18.9 Å². The molecule has 5 nitrogen and oxygen atoms in total. The molecule has 0 atom stereocenters. The van der Waals surface area contributed by atoms with Crippen LogP contribution in [0.4, 0.5) is 32.0 Å². The molecule has 1 aromatic carbocycles. The van der Waals surface area contributed by atoms with Gasteiger partial charge in [0.15, 0.2) is 0 Å². The molecule has 11 heteroatoms. The first-order valence-electron chi connectivity index (χ1n) is 12.4. The first kappa shape index (κ1) is 28.7. The number of allylic oxidation sites excluding steroid dienone is 2. The lowest BCUT2D eigenvalue weighted by atomic mass is 10.0. The minimum atomic E-state index is -4.82. The van der Waals surface area contributed by atoms with Crippen LogP contribution in [0.3, 0.4) is 0 Å². The second kappa shape index (κ2) is 12.1. The van der Waals surface area contributed by atoms with E-state index in [9.17, 15) is 31.1 Å². The Bertz CT molecular complexity index is 1030. The van der Waals surface area contributed by atoms with Crippen molar-refractivity contribution in [2.45, 2.75) is 64.3 Å². The van der Waals surface area contributed by atoms with Gasteiger partial charge in [-0.05, 0) is 76.4 Å². The molecule has 2 heterocycles. The third-order valence-corrected chi connectivity index (χ3v) is 6.68. The summed E-state index contributed by atoms with van der Waals surface area (Å²) >= 11 is 0. The van der Waals surface area contributed by atoms with E-state index in [2.05, 4.69) is 15.2 Å². The first-order valence-corrected chi connectivity index (χ1v) is 12.4. The van der Waals surface area contributed by atoms with E-state index in [-0.39, 0.29) is 5.69 Å². The van der Waals surface area contributed by atoms with Gasteiger partial charge in [0.25, 0.3) is 5.91 Å². The van der Waals surface area contributed by atoms with Crippen molar-refractivity contribution in [3.63, 3.8) is 0 Å². The summed E-state index contributed by atoms with van der Waals surface area (Å²) in [5.41, 5.74) is -3.25. The van der Waals surface area contributed by atoms with E-state index in [4.69, 9.17) is 0 Å². The number of aliphatic imine (C=N–C) groups is 1. The van der Waals surface area contributed by atoms with Crippen LogP contribution < -0.4 is 5.32 Å². The Morgan fingerprint density at radius 3 is 2.30 bits per heavy atom. The summed E-state index contributed by atoms with van der Waals surface area (Å²) in [6, 6.07) is 4.20. The normalized spacial score (nSPS) is 19.5. The molecule has 1 aromatic rings. The van der Waals surface area contributed by atoms with Gasteiger partial charge in [0.05, 0.1) is 11.1 Å². The molecule has 0 aromatic heterocycles. The van der Waals surface area contributed by atoms with Crippen LogP contribution in [0.2, 0.25) is 0 Å². The molecule has 204 valence electrons. The van der Waals surface area contributed by atoms with E-state index in [1.54, 1.807) is 6.08 Å².